The Morgan fingerprint density at radius 1 is 0.636 bits per heavy atom. The first-order chi connectivity index (χ1) is 12.8. The average Bonchev–Trinajstić information content (AvgIpc) is 2.42. The Morgan fingerprint density at radius 3 is 0.939 bits per heavy atom. The van der Waals surface area contributed by atoms with Gasteiger partial charge in [-0.05, 0) is 38.1 Å². The Labute approximate surface area is 208 Å². The van der Waals surface area contributed by atoms with E-state index in [2.05, 4.69) is 51.5 Å². The highest BCUT2D eigenvalue weighted by Crippen LogP contribution is 2.12. The minimum Gasteiger partial charge on any atom is -0.387 e. The summed E-state index contributed by atoms with van der Waals surface area (Å²) >= 11 is 0. The number of rotatable bonds is 1. The molecule has 0 amide bonds. The van der Waals surface area contributed by atoms with Crippen LogP contribution in [0.25, 0.3) is 0 Å². The van der Waals surface area contributed by atoms with E-state index in [-0.39, 0.29) is 56.4 Å². The van der Waals surface area contributed by atoms with Crippen molar-refractivity contribution < 1.29 is 0 Å². The first kappa shape index (κ1) is 48.4. The molecule has 33 heavy (non-hydrogen) atoms. The predicted octanol–water partition coefficient (Wildman–Crippen LogP) is 4.23. The van der Waals surface area contributed by atoms with Crippen molar-refractivity contribution in [3.63, 3.8) is 0 Å². The standard InChI is InChI=1S/C6H15N3.C5H13N3.C5H12N2.C5H13N.3CH4/c1-6(2,3)4-9-5(7)8;1-5(2,3)8-4(6)7;1-5(2,3)4(6)7;1-5(2,3)4-6;;;/h4H2,1-3H3,(H4,7,8,9);1-3H3,(H4,6,7,8);1-3H3,(H3,6,7);4,6H2,1-3H3;3*1H4. The molecule has 0 saturated heterocycles. The minimum atomic E-state index is -0.140. The molecule has 0 bridgehead atoms. The fraction of sp³-hybridized carbons (Fsp3) is 0.875. The summed E-state index contributed by atoms with van der Waals surface area (Å²) in [6, 6.07) is 0. The second kappa shape index (κ2) is 20.6. The van der Waals surface area contributed by atoms with Gasteiger partial charge in [-0.1, -0.05) is 84.6 Å². The zero-order valence-electron chi connectivity index (χ0n) is 21.8. The fourth-order valence-electron chi connectivity index (χ4n) is 0.716. The Morgan fingerprint density at radius 2 is 0.909 bits per heavy atom. The van der Waals surface area contributed by atoms with E-state index in [4.69, 9.17) is 39.8 Å². The van der Waals surface area contributed by atoms with Gasteiger partial charge in [0.25, 0.3) is 0 Å². The summed E-state index contributed by atoms with van der Waals surface area (Å²) in [6.07, 6.45) is 0. The van der Waals surface area contributed by atoms with Crippen LogP contribution in [0.15, 0.2) is 9.98 Å². The third-order valence-electron chi connectivity index (χ3n) is 2.62. The summed E-state index contributed by atoms with van der Waals surface area (Å²) in [5.41, 5.74) is 31.2. The van der Waals surface area contributed by atoms with Gasteiger partial charge in [-0.15, -0.1) is 0 Å². The lowest BCUT2D eigenvalue weighted by Gasteiger charge is -2.14. The van der Waals surface area contributed by atoms with E-state index in [9.17, 15) is 0 Å². The summed E-state index contributed by atoms with van der Waals surface area (Å²) in [5, 5.41) is 6.92. The van der Waals surface area contributed by atoms with Crippen LogP contribution in [0.3, 0.4) is 0 Å². The van der Waals surface area contributed by atoms with Crippen molar-refractivity contribution in [1.29, 1.82) is 5.41 Å². The maximum atomic E-state index is 6.92. The van der Waals surface area contributed by atoms with E-state index in [1.54, 1.807) is 0 Å². The van der Waals surface area contributed by atoms with Crippen molar-refractivity contribution >= 4 is 17.8 Å². The SMILES string of the molecule is C.C.C.CC(C)(C)C(=N)N.CC(C)(C)CN.CC(C)(C)CN=C(N)N.CC(C)(C)N=C(N)N. The van der Waals surface area contributed by atoms with Crippen LogP contribution in [-0.4, -0.2) is 36.4 Å². The van der Waals surface area contributed by atoms with Crippen LogP contribution in [0, 0.1) is 21.7 Å². The van der Waals surface area contributed by atoms with Gasteiger partial charge in [-0.3, -0.25) is 10.4 Å². The molecule has 13 N–H and O–H groups in total. The number of hydrogen-bond donors (Lipinski definition) is 7. The molecule has 0 aliphatic heterocycles. The van der Waals surface area contributed by atoms with Gasteiger partial charge in [0.15, 0.2) is 11.9 Å². The number of nitrogens with two attached hydrogens (primary N) is 6. The van der Waals surface area contributed by atoms with E-state index in [0.717, 1.165) is 6.54 Å². The third kappa shape index (κ3) is 72.6. The number of nitrogens with zero attached hydrogens (tertiary/aromatic N) is 2. The van der Waals surface area contributed by atoms with E-state index in [1.165, 1.54) is 0 Å². The van der Waals surface area contributed by atoms with Gasteiger partial charge in [0.05, 0.1) is 11.4 Å². The topological polar surface area (TPSA) is 205 Å². The molecule has 9 nitrogen and oxygen atoms in total. The van der Waals surface area contributed by atoms with Crippen LogP contribution >= 0.6 is 0 Å². The number of hydrogen-bond acceptors (Lipinski definition) is 4. The zero-order chi connectivity index (χ0) is 25.6. The third-order valence-corrected chi connectivity index (χ3v) is 2.62. The molecule has 0 radical (unpaired) electrons. The molecule has 0 unspecified atom stereocenters. The number of guanidine groups is 2. The van der Waals surface area contributed by atoms with Gasteiger partial charge in [-0.25, -0.2) is 4.99 Å². The first-order valence-electron chi connectivity index (χ1n) is 10.0. The molecule has 0 aromatic heterocycles. The molecule has 0 atom stereocenters. The summed E-state index contributed by atoms with van der Waals surface area (Å²) in [5.74, 6) is 0.565. The van der Waals surface area contributed by atoms with Crippen molar-refractivity contribution in [3.05, 3.63) is 0 Å². The van der Waals surface area contributed by atoms with Gasteiger partial charge >= 0.3 is 0 Å². The van der Waals surface area contributed by atoms with Crippen molar-refractivity contribution in [2.75, 3.05) is 13.1 Å². The lowest BCUT2D eigenvalue weighted by molar-refractivity contribution is 0.428. The predicted molar refractivity (Wildman–Crippen MR) is 156 cm³/mol. The Kier molecular flexibility index (Phi) is 30.2. The lowest BCUT2D eigenvalue weighted by atomic mass is 9.96. The van der Waals surface area contributed by atoms with Gasteiger partial charge in [-0.2, -0.15) is 0 Å². The van der Waals surface area contributed by atoms with Crippen LogP contribution in [0.5, 0.6) is 0 Å². The summed E-state index contributed by atoms with van der Waals surface area (Å²) in [6.45, 7) is 25.6. The Balaban J connectivity index is -0.0000000535. The van der Waals surface area contributed by atoms with Gasteiger partial charge < -0.3 is 34.4 Å². The molecule has 0 aliphatic rings. The van der Waals surface area contributed by atoms with E-state index < -0.39 is 0 Å². The van der Waals surface area contributed by atoms with Crippen LogP contribution in [0.2, 0.25) is 0 Å². The molecule has 206 valence electrons. The van der Waals surface area contributed by atoms with E-state index in [0.29, 0.717) is 12.0 Å². The van der Waals surface area contributed by atoms with Crippen molar-refractivity contribution in [2.24, 2.45) is 60.6 Å². The molecule has 0 heterocycles. The molecular weight excluding hydrogens is 414 g/mol. The molecule has 0 rings (SSSR count). The number of aliphatic imine (C=N–C) groups is 2. The van der Waals surface area contributed by atoms with Crippen LogP contribution < -0.4 is 34.4 Å². The average molecular weight is 480 g/mol. The monoisotopic (exact) mass is 480 g/mol. The van der Waals surface area contributed by atoms with Crippen LogP contribution in [0.4, 0.5) is 0 Å². The summed E-state index contributed by atoms with van der Waals surface area (Å²) in [7, 11) is 0. The van der Waals surface area contributed by atoms with Crippen molar-refractivity contribution in [3.8, 4) is 0 Å². The summed E-state index contributed by atoms with van der Waals surface area (Å²) in [4.78, 5) is 7.75. The molecule has 0 spiro atoms. The first-order valence-corrected chi connectivity index (χ1v) is 10.0. The quantitative estimate of drug-likeness (QED) is 0.216. The number of amidine groups is 1. The summed E-state index contributed by atoms with van der Waals surface area (Å²) < 4.78 is 0. The largest absolute Gasteiger partial charge is 0.387 e. The van der Waals surface area contributed by atoms with Gasteiger partial charge in [0.2, 0.25) is 0 Å². The van der Waals surface area contributed by atoms with E-state index >= 15 is 0 Å². The highest BCUT2D eigenvalue weighted by atomic mass is 15.0. The van der Waals surface area contributed by atoms with E-state index in [1.807, 2.05) is 41.5 Å². The fourth-order valence-corrected chi connectivity index (χ4v) is 0.716. The Bertz CT molecular complexity index is 502. The second-order valence-electron chi connectivity index (χ2n) is 11.4. The zero-order valence-corrected chi connectivity index (χ0v) is 21.8. The van der Waals surface area contributed by atoms with Crippen LogP contribution in [-0.2, 0) is 0 Å². The smallest absolute Gasteiger partial charge is 0.186 e. The molecule has 0 aromatic carbocycles. The molecule has 0 aromatic rings. The lowest BCUT2D eigenvalue weighted by Crippen LogP contribution is -2.27. The van der Waals surface area contributed by atoms with Crippen molar-refractivity contribution in [1.82, 2.24) is 0 Å². The second-order valence-corrected chi connectivity index (χ2v) is 11.4. The van der Waals surface area contributed by atoms with Crippen LogP contribution in [0.1, 0.15) is 105 Å². The molecule has 0 fully saturated rings. The van der Waals surface area contributed by atoms with Crippen molar-refractivity contribution in [2.45, 2.75) is 111 Å². The Hall–Kier alpha value is -2.03. The van der Waals surface area contributed by atoms with Gasteiger partial charge in [0, 0.05) is 12.0 Å². The molecular formula is C24H65N9. The highest BCUT2D eigenvalue weighted by Gasteiger charge is 2.12. The normalized spacial score (nSPS) is 10.2. The molecule has 0 saturated carbocycles. The highest BCUT2D eigenvalue weighted by molar-refractivity contribution is 5.82. The number of nitrogens with one attached hydrogen (secondary N) is 1. The molecule has 0 aliphatic carbocycles. The maximum absolute atomic E-state index is 6.92. The minimum absolute atomic E-state index is 0. The van der Waals surface area contributed by atoms with Gasteiger partial charge in [0.1, 0.15) is 0 Å². The maximum Gasteiger partial charge on any atom is 0.186 e. The molecule has 9 heteroatoms.